The van der Waals surface area contributed by atoms with E-state index in [2.05, 4.69) is 46.0 Å². The van der Waals surface area contributed by atoms with E-state index in [1.807, 2.05) is 6.92 Å². The Hall–Kier alpha value is -1.58. The quantitative estimate of drug-likeness (QED) is 0.0409. The van der Waals surface area contributed by atoms with Gasteiger partial charge in [-0.25, -0.2) is 0 Å². The topological polar surface area (TPSA) is 145 Å². The van der Waals surface area contributed by atoms with Gasteiger partial charge in [-0.15, -0.1) is 0 Å². The van der Waals surface area contributed by atoms with Crippen molar-refractivity contribution in [3.63, 3.8) is 0 Å². The second kappa shape index (κ2) is 15.8. The molecule has 0 aromatic carbocycles. The van der Waals surface area contributed by atoms with Gasteiger partial charge in [0.15, 0.2) is 10.1 Å². The minimum Gasteiger partial charge on any atom is -0.502 e. The van der Waals surface area contributed by atoms with Crippen LogP contribution in [-0.4, -0.2) is 44.6 Å². The lowest BCUT2D eigenvalue weighted by Crippen LogP contribution is -2.59. The molecule has 4 rings (SSSR count). The molecule has 4 aliphatic carbocycles. The SMILES string of the molecule is CCCC(C(=N)N)C(CN)NC(=O)C(CC(O)=S)(C(O)=S)C1CC[C@@]2(C)C(=CCC3C2CC[C@@]2(C)C3CC[C@@H]2[C@H](C)CCCC(C)C)C1. The lowest BCUT2D eigenvalue weighted by atomic mass is 9.45. The third kappa shape index (κ3) is 7.39. The molecule has 0 spiro atoms. The number of thiocarbonyl (C=S) groups is 2. The third-order valence-electron chi connectivity index (χ3n) is 14.3. The number of carbonyl (C=O) groups is 1. The molecule has 8 N–H and O–H groups in total. The molecule has 0 bridgehead atoms. The molecular formula is C39H66N4O3S2. The summed E-state index contributed by atoms with van der Waals surface area (Å²) in [4.78, 5) is 14.3. The highest BCUT2D eigenvalue weighted by Gasteiger charge is 2.61. The summed E-state index contributed by atoms with van der Waals surface area (Å²) in [5, 5.41) is 32.0. The highest BCUT2D eigenvalue weighted by molar-refractivity contribution is 7.80. The summed E-state index contributed by atoms with van der Waals surface area (Å²) in [6.07, 6.45) is 16.2. The van der Waals surface area contributed by atoms with Crippen LogP contribution in [0.25, 0.3) is 0 Å². The van der Waals surface area contributed by atoms with E-state index >= 15 is 0 Å². The Morgan fingerprint density at radius 1 is 1.08 bits per heavy atom. The Morgan fingerprint density at radius 2 is 1.79 bits per heavy atom. The molecule has 11 atom stereocenters. The number of carbonyl (C=O) groups excluding carboxylic acids is 1. The Morgan fingerprint density at radius 3 is 2.38 bits per heavy atom. The maximum atomic E-state index is 14.3. The zero-order chi connectivity index (χ0) is 35.6. The van der Waals surface area contributed by atoms with Crippen LogP contribution in [0.1, 0.15) is 131 Å². The van der Waals surface area contributed by atoms with E-state index < -0.39 is 28.3 Å². The molecule has 4 aliphatic rings. The molecule has 7 unspecified atom stereocenters. The number of nitrogens with one attached hydrogen (secondary N) is 2. The standard InChI is InChI=1S/C39H66N4O3S2/c1-7-9-28(34(41)42)32(22-40)43-35(45)39(36(46)48,21-33(44)47)26-16-18-37(5)25(20-26)12-13-27-30-15-14-29(24(4)11-8-10-23(2)3)38(30,6)19-17-31(27)37/h12,23-24,26-32H,7-11,13-22,40H2,1-6H3,(H3,41,42)(H,43,45)(H,44,47)(H,46,48)/t24-,26?,27?,28?,29-,30?,31?,32?,37+,38-,39?/m1/s1. The summed E-state index contributed by atoms with van der Waals surface area (Å²) >= 11 is 10.6. The maximum absolute atomic E-state index is 14.3. The summed E-state index contributed by atoms with van der Waals surface area (Å²) in [6, 6.07) is -0.593. The molecule has 0 aromatic heterocycles. The Kier molecular flexibility index (Phi) is 12.9. The van der Waals surface area contributed by atoms with E-state index in [9.17, 15) is 15.0 Å². The first kappa shape index (κ1) is 39.2. The van der Waals surface area contributed by atoms with Crippen molar-refractivity contribution in [3.8, 4) is 0 Å². The van der Waals surface area contributed by atoms with E-state index in [1.165, 1.54) is 50.5 Å². The highest BCUT2D eigenvalue weighted by atomic mass is 32.1. The van der Waals surface area contributed by atoms with Crippen LogP contribution < -0.4 is 16.8 Å². The average Bonchev–Trinajstić information content (AvgIpc) is 3.37. The number of aliphatic hydroxyl groups excluding tert-OH is 2. The number of amidine groups is 1. The molecule has 3 saturated carbocycles. The molecule has 0 radical (unpaired) electrons. The molecule has 1 amide bonds. The van der Waals surface area contributed by atoms with Crippen LogP contribution in [0.2, 0.25) is 0 Å². The Bertz CT molecular complexity index is 1240. The van der Waals surface area contributed by atoms with E-state index in [4.69, 9.17) is 41.3 Å². The predicted octanol–water partition coefficient (Wildman–Crippen LogP) is 8.59. The summed E-state index contributed by atoms with van der Waals surface area (Å²) in [7, 11) is 0. The zero-order valence-corrected chi connectivity index (χ0v) is 32.3. The molecule has 272 valence electrons. The van der Waals surface area contributed by atoms with E-state index in [-0.39, 0.29) is 35.2 Å². The lowest BCUT2D eigenvalue weighted by Gasteiger charge is -2.59. The third-order valence-corrected chi connectivity index (χ3v) is 14.8. The van der Waals surface area contributed by atoms with Crippen molar-refractivity contribution >= 4 is 46.3 Å². The molecule has 0 saturated heterocycles. The number of hydrogen-bond donors (Lipinski definition) is 6. The largest absolute Gasteiger partial charge is 0.502 e. The number of amides is 1. The van der Waals surface area contributed by atoms with Crippen LogP contribution in [0.3, 0.4) is 0 Å². The fraction of sp³-hybridized carbons (Fsp3) is 0.846. The molecule has 0 aromatic rings. The molecule has 48 heavy (non-hydrogen) atoms. The van der Waals surface area contributed by atoms with Crippen molar-refractivity contribution in [2.24, 2.45) is 75.1 Å². The molecule has 0 heterocycles. The van der Waals surface area contributed by atoms with Crippen LogP contribution in [-0.2, 0) is 4.79 Å². The first-order chi connectivity index (χ1) is 22.6. The number of hydrogen-bond acceptors (Lipinski definition) is 5. The van der Waals surface area contributed by atoms with Gasteiger partial charge in [0.1, 0.15) is 5.41 Å². The van der Waals surface area contributed by atoms with Gasteiger partial charge in [0, 0.05) is 18.9 Å². The molecule has 7 nitrogen and oxygen atoms in total. The fourth-order valence-corrected chi connectivity index (χ4v) is 12.2. The predicted molar refractivity (Wildman–Crippen MR) is 205 cm³/mol. The smallest absolute Gasteiger partial charge is 0.235 e. The van der Waals surface area contributed by atoms with Crippen LogP contribution in [0, 0.1) is 69.0 Å². The van der Waals surface area contributed by atoms with Gasteiger partial charge in [0.25, 0.3) is 0 Å². The van der Waals surface area contributed by atoms with Crippen molar-refractivity contribution in [2.75, 3.05) is 6.54 Å². The van der Waals surface area contributed by atoms with Crippen molar-refractivity contribution in [3.05, 3.63) is 11.6 Å². The van der Waals surface area contributed by atoms with Gasteiger partial charge in [-0.2, -0.15) is 0 Å². The van der Waals surface area contributed by atoms with E-state index in [0.29, 0.717) is 36.5 Å². The van der Waals surface area contributed by atoms with Crippen LogP contribution in [0.5, 0.6) is 0 Å². The van der Waals surface area contributed by atoms with Gasteiger partial charge in [-0.05, 0) is 134 Å². The number of fused-ring (bicyclic) bond motifs is 5. The average molecular weight is 703 g/mol. The first-order valence-electron chi connectivity index (χ1n) is 19.1. The van der Waals surface area contributed by atoms with Gasteiger partial charge in [0.05, 0.1) is 11.9 Å². The maximum Gasteiger partial charge on any atom is 0.235 e. The van der Waals surface area contributed by atoms with Crippen LogP contribution in [0.4, 0.5) is 0 Å². The molecular weight excluding hydrogens is 637 g/mol. The van der Waals surface area contributed by atoms with Crippen LogP contribution >= 0.6 is 24.4 Å². The Labute approximate surface area is 301 Å². The summed E-state index contributed by atoms with van der Waals surface area (Å²) < 4.78 is 0. The lowest BCUT2D eigenvalue weighted by molar-refractivity contribution is -0.132. The summed E-state index contributed by atoms with van der Waals surface area (Å²) in [5.41, 5.74) is 12.3. The first-order valence-corrected chi connectivity index (χ1v) is 19.9. The summed E-state index contributed by atoms with van der Waals surface area (Å²) in [6.45, 7) is 14.4. The minimum atomic E-state index is -1.57. The van der Waals surface area contributed by atoms with Gasteiger partial charge in [-0.3, -0.25) is 10.2 Å². The monoisotopic (exact) mass is 702 g/mol. The van der Waals surface area contributed by atoms with Crippen molar-refractivity contribution in [1.29, 1.82) is 5.41 Å². The van der Waals surface area contributed by atoms with Gasteiger partial charge in [0.2, 0.25) is 5.91 Å². The molecule has 3 fully saturated rings. The molecule has 0 aliphatic heterocycles. The van der Waals surface area contributed by atoms with Gasteiger partial charge >= 0.3 is 0 Å². The zero-order valence-electron chi connectivity index (χ0n) is 30.7. The number of rotatable bonds is 16. The second-order valence-corrected chi connectivity index (χ2v) is 18.1. The van der Waals surface area contributed by atoms with Gasteiger partial charge in [-0.1, -0.05) is 78.9 Å². The fourth-order valence-electron chi connectivity index (χ4n) is 11.6. The normalized spacial score (nSPS) is 34.4. The van der Waals surface area contributed by atoms with Crippen molar-refractivity contribution in [1.82, 2.24) is 5.32 Å². The van der Waals surface area contributed by atoms with Crippen LogP contribution in [0.15, 0.2) is 11.6 Å². The Balaban J connectivity index is 1.58. The highest BCUT2D eigenvalue weighted by Crippen LogP contribution is 2.68. The van der Waals surface area contributed by atoms with E-state index in [0.717, 1.165) is 42.9 Å². The van der Waals surface area contributed by atoms with Gasteiger partial charge < -0.3 is 27.0 Å². The number of allylic oxidation sites excluding steroid dienone is 2. The minimum absolute atomic E-state index is 0.0319. The number of nitrogens with two attached hydrogens (primary N) is 2. The van der Waals surface area contributed by atoms with Crippen molar-refractivity contribution in [2.45, 2.75) is 137 Å². The second-order valence-electron chi connectivity index (χ2n) is 17.2. The van der Waals surface area contributed by atoms with E-state index in [1.54, 1.807) is 0 Å². The molecule has 9 heteroatoms. The summed E-state index contributed by atoms with van der Waals surface area (Å²) in [5.74, 6) is 3.15. The number of aliphatic hydroxyl groups is 2. The van der Waals surface area contributed by atoms with Crippen molar-refractivity contribution < 1.29 is 15.0 Å².